The highest BCUT2D eigenvalue weighted by atomic mass is 32.2. The van der Waals surface area contributed by atoms with Gasteiger partial charge in [0.05, 0.1) is 24.8 Å². The van der Waals surface area contributed by atoms with Gasteiger partial charge in [-0.15, -0.1) is 0 Å². The van der Waals surface area contributed by atoms with Gasteiger partial charge < -0.3 is 10.6 Å². The van der Waals surface area contributed by atoms with Crippen LogP contribution in [-0.4, -0.2) is 56.0 Å². The van der Waals surface area contributed by atoms with Crippen molar-refractivity contribution < 1.29 is 25.6 Å². The molecule has 4 rings (SSSR count). The largest absolute Gasteiger partial charge is 0.365 e. The maximum atomic E-state index is 11.5. The summed E-state index contributed by atoms with van der Waals surface area (Å²) in [6.07, 6.45) is 4.71. The number of rotatable bonds is 8. The van der Waals surface area contributed by atoms with Crippen molar-refractivity contribution in [3.63, 3.8) is 0 Å². The van der Waals surface area contributed by atoms with Gasteiger partial charge in [0.2, 0.25) is 5.95 Å². The van der Waals surface area contributed by atoms with E-state index in [1.807, 2.05) is 60.7 Å². The Kier molecular flexibility index (Phi) is 9.37. The zero-order chi connectivity index (χ0) is 28.9. The van der Waals surface area contributed by atoms with Crippen molar-refractivity contribution in [3.8, 4) is 11.3 Å². The minimum absolute atomic E-state index is 0.146. The summed E-state index contributed by atoms with van der Waals surface area (Å²) in [5.41, 5.74) is 3.39. The predicted molar refractivity (Wildman–Crippen MR) is 154 cm³/mol. The fourth-order valence-corrected chi connectivity index (χ4v) is 4.52. The van der Waals surface area contributed by atoms with E-state index in [1.54, 1.807) is 0 Å². The summed E-state index contributed by atoms with van der Waals surface area (Å²) in [6, 6.07) is 20.0. The van der Waals surface area contributed by atoms with Crippen molar-refractivity contribution >= 4 is 37.7 Å². The molecule has 0 spiro atoms. The molecule has 3 aromatic rings. The maximum absolute atomic E-state index is 11.5. The van der Waals surface area contributed by atoms with Crippen LogP contribution >= 0.6 is 0 Å². The molecular weight excluding hydrogens is 540 g/mol. The van der Waals surface area contributed by atoms with E-state index < -0.39 is 20.2 Å². The second-order valence-electron chi connectivity index (χ2n) is 10.7. The second kappa shape index (κ2) is 12.0. The zero-order valence-corrected chi connectivity index (χ0v) is 24.4. The van der Waals surface area contributed by atoms with Gasteiger partial charge in [-0.1, -0.05) is 48.9 Å². The highest BCUT2D eigenvalue weighted by molar-refractivity contribution is 7.86. The Morgan fingerprint density at radius 3 is 2.03 bits per heavy atom. The summed E-state index contributed by atoms with van der Waals surface area (Å²) in [5.74, 6) is 1.24. The van der Waals surface area contributed by atoms with E-state index in [-0.39, 0.29) is 17.6 Å². The smallest absolute Gasteiger partial charge is 0.264 e. The Morgan fingerprint density at radius 2 is 1.54 bits per heavy atom. The first kappa shape index (κ1) is 30.5. The SMILES string of the molecule is CC(C)(C)Nc1cc(-c2ccccc2)nc(Nc2ccc(C3(COS(C)(=O)=O)CCC3)cc2)n1.CS(=O)(=O)O. The minimum atomic E-state index is -3.67. The van der Waals surface area contributed by atoms with Gasteiger partial charge in [0.15, 0.2) is 0 Å². The van der Waals surface area contributed by atoms with Crippen molar-refractivity contribution in [2.45, 2.75) is 51.0 Å². The lowest BCUT2D eigenvalue weighted by molar-refractivity contribution is 0.141. The van der Waals surface area contributed by atoms with Gasteiger partial charge in [-0.05, 0) is 51.3 Å². The van der Waals surface area contributed by atoms with E-state index in [0.717, 1.165) is 53.8 Å². The molecule has 0 bridgehead atoms. The second-order valence-corrected chi connectivity index (χ2v) is 13.8. The Bertz CT molecular complexity index is 1460. The van der Waals surface area contributed by atoms with Crippen LogP contribution in [-0.2, 0) is 29.8 Å². The highest BCUT2D eigenvalue weighted by Crippen LogP contribution is 2.44. The molecule has 0 radical (unpaired) electrons. The quantitative estimate of drug-likeness (QED) is 0.247. The maximum Gasteiger partial charge on any atom is 0.264 e. The molecule has 1 aliphatic carbocycles. The van der Waals surface area contributed by atoms with Gasteiger partial charge in [0.25, 0.3) is 20.2 Å². The van der Waals surface area contributed by atoms with Crippen molar-refractivity contribution in [2.24, 2.45) is 0 Å². The highest BCUT2D eigenvalue weighted by Gasteiger charge is 2.39. The number of nitrogens with one attached hydrogen (secondary N) is 2. The Labute approximate surface area is 231 Å². The fraction of sp³-hybridized carbons (Fsp3) is 0.407. The third kappa shape index (κ3) is 10.2. The molecule has 0 atom stereocenters. The van der Waals surface area contributed by atoms with Gasteiger partial charge in [-0.2, -0.15) is 21.8 Å². The van der Waals surface area contributed by atoms with Crippen LogP contribution < -0.4 is 10.6 Å². The Morgan fingerprint density at radius 1 is 0.949 bits per heavy atom. The molecule has 0 aliphatic heterocycles. The molecule has 212 valence electrons. The van der Waals surface area contributed by atoms with Crippen molar-refractivity contribution in [3.05, 3.63) is 66.2 Å². The van der Waals surface area contributed by atoms with Gasteiger partial charge in [0.1, 0.15) is 5.82 Å². The first-order chi connectivity index (χ1) is 18.0. The summed E-state index contributed by atoms with van der Waals surface area (Å²) in [7, 11) is -7.14. The van der Waals surface area contributed by atoms with Gasteiger partial charge in [-0.25, -0.2) is 4.98 Å². The van der Waals surface area contributed by atoms with Crippen molar-refractivity contribution in [1.29, 1.82) is 0 Å². The molecule has 0 unspecified atom stereocenters. The van der Waals surface area contributed by atoms with Crippen LogP contribution in [0.5, 0.6) is 0 Å². The average Bonchev–Trinajstić information content (AvgIpc) is 2.77. The first-order valence-corrected chi connectivity index (χ1v) is 16.1. The summed E-state index contributed by atoms with van der Waals surface area (Å²) in [6.45, 7) is 6.45. The molecule has 3 N–H and O–H groups in total. The Hall–Kier alpha value is -3.06. The number of nitrogens with zero attached hydrogens (tertiary/aromatic N) is 2. The topological polar surface area (TPSA) is 148 Å². The van der Waals surface area contributed by atoms with Gasteiger partial charge in [0, 0.05) is 28.3 Å². The predicted octanol–water partition coefficient (Wildman–Crippen LogP) is 5.00. The van der Waals surface area contributed by atoms with E-state index in [2.05, 4.69) is 36.4 Å². The van der Waals surface area contributed by atoms with E-state index >= 15 is 0 Å². The molecule has 1 saturated carbocycles. The monoisotopic (exact) mass is 576 g/mol. The zero-order valence-electron chi connectivity index (χ0n) is 22.8. The van der Waals surface area contributed by atoms with Gasteiger partial charge >= 0.3 is 0 Å². The van der Waals surface area contributed by atoms with Crippen LogP contribution in [0.3, 0.4) is 0 Å². The van der Waals surface area contributed by atoms with E-state index in [0.29, 0.717) is 12.2 Å². The molecule has 10 nitrogen and oxygen atoms in total. The number of aromatic nitrogens is 2. The lowest BCUT2D eigenvalue weighted by Crippen LogP contribution is -2.39. The Balaban J connectivity index is 0.000000771. The fourth-order valence-electron chi connectivity index (χ4n) is 4.08. The third-order valence-electron chi connectivity index (χ3n) is 5.91. The normalized spacial score (nSPS) is 14.9. The summed E-state index contributed by atoms with van der Waals surface area (Å²) >= 11 is 0. The molecule has 1 aromatic heterocycles. The van der Waals surface area contributed by atoms with Crippen LogP contribution in [0.1, 0.15) is 45.6 Å². The molecule has 1 heterocycles. The third-order valence-corrected chi connectivity index (χ3v) is 6.46. The van der Waals surface area contributed by atoms with Crippen LogP contribution in [0, 0.1) is 0 Å². The lowest BCUT2D eigenvalue weighted by Gasteiger charge is -2.41. The van der Waals surface area contributed by atoms with Crippen LogP contribution in [0.4, 0.5) is 17.5 Å². The number of anilines is 3. The van der Waals surface area contributed by atoms with E-state index in [9.17, 15) is 16.8 Å². The molecule has 0 amide bonds. The van der Waals surface area contributed by atoms with Crippen molar-refractivity contribution in [1.82, 2.24) is 9.97 Å². The minimum Gasteiger partial charge on any atom is -0.365 e. The molecule has 1 fully saturated rings. The molecular formula is C27H36N4O6S2. The molecule has 39 heavy (non-hydrogen) atoms. The summed E-state index contributed by atoms with van der Waals surface area (Å²) in [4.78, 5) is 9.41. The van der Waals surface area contributed by atoms with Gasteiger partial charge in [-0.3, -0.25) is 8.74 Å². The van der Waals surface area contributed by atoms with Crippen LogP contribution in [0.2, 0.25) is 0 Å². The van der Waals surface area contributed by atoms with E-state index in [1.165, 1.54) is 0 Å². The summed E-state index contributed by atoms with van der Waals surface area (Å²) < 4.78 is 54.0. The van der Waals surface area contributed by atoms with Crippen LogP contribution in [0.25, 0.3) is 11.3 Å². The van der Waals surface area contributed by atoms with Crippen LogP contribution in [0.15, 0.2) is 60.7 Å². The lowest BCUT2D eigenvalue weighted by atomic mass is 9.65. The van der Waals surface area contributed by atoms with Crippen molar-refractivity contribution in [2.75, 3.05) is 29.8 Å². The molecule has 0 saturated heterocycles. The average molecular weight is 577 g/mol. The molecule has 12 heteroatoms. The number of hydrogen-bond donors (Lipinski definition) is 3. The number of benzene rings is 2. The molecule has 1 aliphatic rings. The summed E-state index contributed by atoms with van der Waals surface area (Å²) in [5, 5.41) is 6.76. The number of hydrogen-bond acceptors (Lipinski definition) is 9. The first-order valence-electron chi connectivity index (χ1n) is 12.4. The standard InChI is InChI=1S/C26H32N4O3S.CH4O3S/c1-25(2,3)30-23-17-22(19-9-6-5-7-10-19)28-24(29-23)27-21-13-11-20(12-14-21)26(15-8-16-26)18-33-34(4,31)32;1-5(2,3)4/h5-7,9-14,17H,8,15-16,18H2,1-4H3,(H2,27,28,29,30);1H3,(H,2,3,4). The molecule has 2 aromatic carbocycles. The van der Waals surface area contributed by atoms with E-state index in [4.69, 9.17) is 13.7 Å².